The summed E-state index contributed by atoms with van der Waals surface area (Å²) in [5.41, 5.74) is 16.0. The first-order valence-electron chi connectivity index (χ1n) is 9.23. The largest absolute Gasteiger partial charge is 0.481 e. The number of nitrogens with two attached hydrogens (primary N) is 3. The molecule has 164 valence electrons. The van der Waals surface area contributed by atoms with Gasteiger partial charge in [0.1, 0.15) is 0 Å². The zero-order chi connectivity index (χ0) is 22.7. The third-order valence-electron chi connectivity index (χ3n) is 2.93. The number of carbonyl (C=O) groups excluding carboxylic acids is 3. The van der Waals surface area contributed by atoms with Crippen molar-refractivity contribution < 1.29 is 24.3 Å². The molecule has 0 bridgehead atoms. The molecular weight excluding hydrogens is 368 g/mol. The molecule has 0 unspecified atom stereocenters. The topological polar surface area (TPSA) is 203 Å². The highest BCUT2D eigenvalue weighted by molar-refractivity contribution is 5.92. The molecule has 0 aromatic heterocycles. The summed E-state index contributed by atoms with van der Waals surface area (Å²) < 4.78 is 0. The fraction of sp³-hybridized carbons (Fsp3) is 0.706. The lowest BCUT2D eigenvalue weighted by atomic mass is 10.1. The maximum absolute atomic E-state index is 11.7. The molecule has 0 rings (SSSR count). The van der Waals surface area contributed by atoms with Crippen LogP contribution in [0.15, 0.2) is 4.99 Å². The van der Waals surface area contributed by atoms with Crippen molar-refractivity contribution >= 4 is 29.5 Å². The number of aliphatic carboxylic acids is 1. The van der Waals surface area contributed by atoms with E-state index in [1.165, 1.54) is 6.92 Å². The van der Waals surface area contributed by atoms with Crippen molar-refractivity contribution in [3.8, 4) is 0 Å². The van der Waals surface area contributed by atoms with E-state index in [1.807, 2.05) is 27.7 Å². The van der Waals surface area contributed by atoms with Gasteiger partial charge in [-0.15, -0.1) is 0 Å². The van der Waals surface area contributed by atoms with Crippen molar-refractivity contribution in [1.29, 1.82) is 0 Å². The van der Waals surface area contributed by atoms with Crippen molar-refractivity contribution in [3.63, 3.8) is 0 Å². The van der Waals surface area contributed by atoms with E-state index in [1.54, 1.807) is 0 Å². The number of rotatable bonds is 11. The van der Waals surface area contributed by atoms with Gasteiger partial charge in [-0.05, 0) is 19.8 Å². The van der Waals surface area contributed by atoms with E-state index in [9.17, 15) is 19.2 Å². The summed E-state index contributed by atoms with van der Waals surface area (Å²) in [5, 5.41) is 13.2. The third kappa shape index (κ3) is 18.1. The lowest BCUT2D eigenvalue weighted by molar-refractivity contribution is -0.140. The first-order valence-corrected chi connectivity index (χ1v) is 9.23. The number of guanidine groups is 1. The third-order valence-corrected chi connectivity index (χ3v) is 2.93. The number of aliphatic imine (C=N–C) groups is 1. The van der Waals surface area contributed by atoms with Crippen LogP contribution in [0.2, 0.25) is 0 Å². The highest BCUT2D eigenvalue weighted by Crippen LogP contribution is 1.96. The number of hydrogen-bond donors (Lipinski definition) is 6. The Bertz CT molecular complexity index is 506. The van der Waals surface area contributed by atoms with E-state index >= 15 is 0 Å². The minimum Gasteiger partial charge on any atom is -0.481 e. The van der Waals surface area contributed by atoms with Gasteiger partial charge >= 0.3 is 5.97 Å². The first kappa shape index (κ1) is 30.1. The molecule has 0 fully saturated rings. The van der Waals surface area contributed by atoms with Crippen molar-refractivity contribution in [2.24, 2.45) is 22.2 Å². The molecule has 0 saturated carbocycles. The summed E-state index contributed by atoms with van der Waals surface area (Å²) in [4.78, 5) is 48.9. The van der Waals surface area contributed by atoms with Crippen LogP contribution in [0.4, 0.5) is 0 Å². The highest BCUT2D eigenvalue weighted by atomic mass is 16.4. The number of Topliss-reactive ketones (excluding diaryl/α,β-unsaturated/α-hetero) is 1. The maximum atomic E-state index is 11.7. The standard InChI is InChI=1S/C13H24N6O5.2C2H6/c1-7(20)9(5-11(22)23)19-10(21)6-18-12(24)8(14)3-2-4-17-13(15)16;2*1-2/h8-9H,2-6,14H2,1H3,(H,18,24)(H,19,21)(H,22,23)(H4,15,16,17);2*1-2H3/t8-,9-;;/m0../s1. The number of carboxylic acids is 1. The Morgan fingerprint density at radius 3 is 2.04 bits per heavy atom. The molecule has 28 heavy (non-hydrogen) atoms. The molecule has 0 aromatic carbocycles. The van der Waals surface area contributed by atoms with Gasteiger partial charge in [0.05, 0.1) is 25.0 Å². The minimum absolute atomic E-state index is 0.0499. The predicted octanol–water partition coefficient (Wildman–Crippen LogP) is -0.916. The lowest BCUT2D eigenvalue weighted by Gasteiger charge is -2.15. The second-order valence-corrected chi connectivity index (χ2v) is 5.10. The van der Waals surface area contributed by atoms with Gasteiger partial charge < -0.3 is 32.9 Å². The van der Waals surface area contributed by atoms with Gasteiger partial charge in [-0.25, -0.2) is 0 Å². The summed E-state index contributed by atoms with van der Waals surface area (Å²) in [6, 6.07) is -1.98. The summed E-state index contributed by atoms with van der Waals surface area (Å²) in [6.07, 6.45) is 0.280. The van der Waals surface area contributed by atoms with Gasteiger partial charge in [-0.3, -0.25) is 24.2 Å². The summed E-state index contributed by atoms with van der Waals surface area (Å²) in [7, 11) is 0. The molecule has 0 aliphatic heterocycles. The second-order valence-electron chi connectivity index (χ2n) is 5.10. The SMILES string of the molecule is CC.CC.CC(=O)[C@H](CC(=O)O)NC(=O)CNC(=O)[C@@H](N)CCCN=C(N)N. The van der Waals surface area contributed by atoms with E-state index in [0.717, 1.165) is 0 Å². The van der Waals surface area contributed by atoms with Crippen LogP contribution in [0.25, 0.3) is 0 Å². The van der Waals surface area contributed by atoms with Crippen molar-refractivity contribution in [1.82, 2.24) is 10.6 Å². The quantitative estimate of drug-likeness (QED) is 0.144. The molecular formula is C17H36N6O5. The number of ketones is 1. The molecule has 0 radical (unpaired) electrons. The fourth-order valence-corrected chi connectivity index (χ4v) is 1.67. The van der Waals surface area contributed by atoms with E-state index in [0.29, 0.717) is 19.4 Å². The molecule has 0 aliphatic rings. The van der Waals surface area contributed by atoms with Crippen LogP contribution in [0.5, 0.6) is 0 Å². The summed E-state index contributed by atoms with van der Waals surface area (Å²) in [5.74, 6) is -2.99. The number of hydrogen-bond acceptors (Lipinski definition) is 6. The smallest absolute Gasteiger partial charge is 0.305 e. The Morgan fingerprint density at radius 2 is 1.61 bits per heavy atom. The minimum atomic E-state index is -1.22. The van der Waals surface area contributed by atoms with Gasteiger partial charge in [0, 0.05) is 6.54 Å². The van der Waals surface area contributed by atoms with Gasteiger partial charge in [-0.2, -0.15) is 0 Å². The molecule has 2 amide bonds. The summed E-state index contributed by atoms with van der Waals surface area (Å²) >= 11 is 0. The van der Waals surface area contributed by atoms with Gasteiger partial charge in [0.25, 0.3) is 0 Å². The van der Waals surface area contributed by atoms with E-state index in [4.69, 9.17) is 22.3 Å². The number of nitrogens with zero attached hydrogens (tertiary/aromatic N) is 1. The fourth-order valence-electron chi connectivity index (χ4n) is 1.67. The van der Waals surface area contributed by atoms with Gasteiger partial charge in [-0.1, -0.05) is 27.7 Å². The normalized spacial score (nSPS) is 11.2. The molecule has 0 aromatic rings. The summed E-state index contributed by atoms with van der Waals surface area (Å²) in [6.45, 7) is 9.09. The van der Waals surface area contributed by atoms with E-state index < -0.39 is 48.6 Å². The van der Waals surface area contributed by atoms with Gasteiger partial charge in [0.2, 0.25) is 11.8 Å². The Morgan fingerprint density at radius 1 is 1.07 bits per heavy atom. The Labute approximate surface area is 166 Å². The van der Waals surface area contributed by atoms with Crippen molar-refractivity contribution in [3.05, 3.63) is 0 Å². The van der Waals surface area contributed by atoms with Crippen LogP contribution in [-0.2, 0) is 19.2 Å². The Hall–Kier alpha value is -2.69. The van der Waals surface area contributed by atoms with Crippen LogP contribution in [0.1, 0.15) is 53.9 Å². The lowest BCUT2D eigenvalue weighted by Crippen LogP contribution is -2.48. The Kier molecular flexibility index (Phi) is 20.5. The van der Waals surface area contributed by atoms with Crippen molar-refractivity contribution in [2.45, 2.75) is 66.0 Å². The molecule has 0 saturated heterocycles. The molecule has 0 spiro atoms. The second kappa shape index (κ2) is 19.1. The number of amides is 2. The number of carbonyl (C=O) groups is 4. The van der Waals surface area contributed by atoms with Crippen LogP contribution in [0, 0.1) is 0 Å². The molecule has 9 N–H and O–H groups in total. The molecule has 11 nitrogen and oxygen atoms in total. The zero-order valence-electron chi connectivity index (χ0n) is 17.4. The highest BCUT2D eigenvalue weighted by Gasteiger charge is 2.21. The average molecular weight is 405 g/mol. The zero-order valence-corrected chi connectivity index (χ0v) is 17.4. The average Bonchev–Trinajstić information content (AvgIpc) is 2.65. The van der Waals surface area contributed by atoms with Gasteiger partial charge in [0.15, 0.2) is 11.7 Å². The van der Waals surface area contributed by atoms with E-state index in [-0.39, 0.29) is 5.96 Å². The van der Waals surface area contributed by atoms with E-state index in [2.05, 4.69) is 15.6 Å². The molecule has 2 atom stereocenters. The maximum Gasteiger partial charge on any atom is 0.305 e. The molecule has 11 heteroatoms. The van der Waals surface area contributed by atoms with Crippen LogP contribution < -0.4 is 27.8 Å². The molecule has 0 heterocycles. The Balaban J connectivity index is -0.00000146. The van der Waals surface area contributed by atoms with Crippen molar-refractivity contribution in [2.75, 3.05) is 13.1 Å². The van der Waals surface area contributed by atoms with Crippen LogP contribution >= 0.6 is 0 Å². The number of carboxylic acid groups (broad SMARTS) is 1. The monoisotopic (exact) mass is 404 g/mol. The van der Waals surface area contributed by atoms with Crippen LogP contribution in [0.3, 0.4) is 0 Å². The predicted molar refractivity (Wildman–Crippen MR) is 108 cm³/mol. The number of nitrogens with one attached hydrogen (secondary N) is 2. The van der Waals surface area contributed by atoms with Crippen LogP contribution in [-0.4, -0.2) is 59.8 Å². The first-order chi connectivity index (χ1) is 13.1. The molecule has 0 aliphatic carbocycles.